The highest BCUT2D eigenvalue weighted by molar-refractivity contribution is 6.77. The van der Waals surface area contributed by atoms with Gasteiger partial charge in [0.15, 0.2) is 22.7 Å². The number of ketones is 1. The lowest BCUT2D eigenvalue weighted by atomic mass is 9.72. The summed E-state index contributed by atoms with van der Waals surface area (Å²) >= 11 is 6.71. The summed E-state index contributed by atoms with van der Waals surface area (Å²) in [5.74, 6) is -1.55. The van der Waals surface area contributed by atoms with Gasteiger partial charge in [0.2, 0.25) is 8.32 Å². The summed E-state index contributed by atoms with van der Waals surface area (Å²) in [5.41, 5.74) is 0.0708. The maximum absolute atomic E-state index is 12.7. The quantitative estimate of drug-likeness (QED) is 0.502. The van der Waals surface area contributed by atoms with E-state index in [1.807, 2.05) is 0 Å². The van der Waals surface area contributed by atoms with Gasteiger partial charge in [-0.05, 0) is 23.5 Å². The van der Waals surface area contributed by atoms with Gasteiger partial charge >= 0.3 is 0 Å². The van der Waals surface area contributed by atoms with E-state index in [1.54, 1.807) is 6.92 Å². The van der Waals surface area contributed by atoms with Crippen molar-refractivity contribution >= 4 is 25.7 Å². The maximum atomic E-state index is 12.7. The number of nitrogens with zero attached hydrogens (tertiary/aromatic N) is 1. The fourth-order valence-electron chi connectivity index (χ4n) is 5.64. The Morgan fingerprint density at radius 1 is 1.19 bits per heavy atom. The molecule has 0 aromatic rings. The highest BCUT2D eigenvalue weighted by Gasteiger charge is 2.76. The van der Waals surface area contributed by atoms with Crippen LogP contribution in [0.25, 0.3) is 0 Å². The molecule has 7 heteroatoms. The number of Topliss-reactive ketones (excluding diaryl/α,β-unsaturated/α-hetero) is 1. The molecule has 0 aromatic carbocycles. The third kappa shape index (κ3) is 2.41. The van der Waals surface area contributed by atoms with Crippen LogP contribution in [0.4, 0.5) is 0 Å². The molecular weight excluding hydrogens is 370 g/mol. The normalized spacial score (nSPS) is 42.2. The van der Waals surface area contributed by atoms with Crippen molar-refractivity contribution < 1.29 is 18.7 Å². The molecule has 2 heterocycles. The average Bonchev–Trinajstić information content (AvgIpc) is 2.66. The largest absolute Gasteiger partial charge is 0.389 e. The van der Waals surface area contributed by atoms with Crippen molar-refractivity contribution in [3.63, 3.8) is 0 Å². The number of fused-ring (bicyclic) bond motifs is 2. The molecule has 0 radical (unpaired) electrons. The van der Waals surface area contributed by atoms with Gasteiger partial charge in [-0.3, -0.25) is 4.79 Å². The lowest BCUT2D eigenvalue weighted by Crippen LogP contribution is -2.64. The van der Waals surface area contributed by atoms with Gasteiger partial charge in [-0.2, -0.15) is 5.26 Å². The Morgan fingerprint density at radius 2 is 1.73 bits per heavy atom. The van der Waals surface area contributed by atoms with E-state index in [2.05, 4.69) is 47.6 Å². The van der Waals surface area contributed by atoms with Crippen LogP contribution in [0.3, 0.4) is 0 Å². The molecule has 5 atom stereocenters. The highest BCUT2D eigenvalue weighted by Crippen LogP contribution is 2.63. The number of ether oxygens (including phenoxy) is 2. The van der Waals surface area contributed by atoms with Crippen molar-refractivity contribution in [2.45, 2.75) is 100 Å². The maximum Gasteiger partial charge on any atom is 0.204 e. The Bertz CT molecular complexity index is 641. The van der Waals surface area contributed by atoms with Gasteiger partial charge in [0.1, 0.15) is 5.60 Å². The third-order valence-corrected chi connectivity index (χ3v) is 13.5. The second-order valence-electron chi connectivity index (χ2n) is 9.27. The summed E-state index contributed by atoms with van der Waals surface area (Å²) in [6, 6.07) is 2.17. The van der Waals surface area contributed by atoms with E-state index in [4.69, 9.17) is 25.5 Å². The van der Waals surface area contributed by atoms with Crippen LogP contribution < -0.4 is 0 Å². The number of carbonyl (C=O) groups excluding carboxylic acids is 1. The molecule has 3 bridgehead atoms. The van der Waals surface area contributed by atoms with E-state index in [9.17, 15) is 10.1 Å². The first kappa shape index (κ1) is 20.3. The lowest BCUT2D eigenvalue weighted by molar-refractivity contribution is -0.338. The van der Waals surface area contributed by atoms with Crippen molar-refractivity contribution in [2.24, 2.45) is 5.92 Å². The van der Waals surface area contributed by atoms with Crippen LogP contribution in [0.2, 0.25) is 16.6 Å². The number of rotatable bonds is 5. The molecule has 0 spiro atoms. The Kier molecular flexibility index (Phi) is 4.70. The number of alkyl halides is 1. The van der Waals surface area contributed by atoms with Crippen molar-refractivity contribution in [3.8, 4) is 6.07 Å². The predicted molar refractivity (Wildman–Crippen MR) is 101 cm³/mol. The fourth-order valence-corrected chi connectivity index (χ4v) is 11.5. The lowest BCUT2D eigenvalue weighted by Gasteiger charge is -2.54. The van der Waals surface area contributed by atoms with E-state index in [-0.39, 0.29) is 12.2 Å². The predicted octanol–water partition coefficient (Wildman–Crippen LogP) is 4.50. The van der Waals surface area contributed by atoms with Gasteiger partial charge in [-0.25, -0.2) is 0 Å². The Hall–Kier alpha value is -0.453. The van der Waals surface area contributed by atoms with Crippen LogP contribution in [-0.2, 0) is 18.7 Å². The number of hydrogen-bond acceptors (Lipinski definition) is 5. The van der Waals surface area contributed by atoms with Crippen molar-refractivity contribution in [1.29, 1.82) is 5.26 Å². The van der Waals surface area contributed by atoms with E-state index in [1.165, 1.54) is 0 Å². The SMILES string of the molecule is CC(C)[Si](O[C@]12C[C@]3(C)O[C@H](O1)[C@@](Cl)(C#N)[C@H]2CC3=O)(C(C)C)C(C)C. The first-order valence-corrected chi connectivity index (χ1v) is 12.1. The standard InChI is InChI=1S/C19H30ClNO4Si/c1-11(2)26(12(3)4,13(5)6)25-19-9-17(7)15(22)8-14(19)18(20,10-21)16(23-17)24-19/h11-14,16H,8-9H2,1-7H3/t14-,16-,17+,18-,19+/m1/s1. The Morgan fingerprint density at radius 3 is 2.19 bits per heavy atom. The molecule has 0 N–H and O–H groups in total. The van der Waals surface area contributed by atoms with Crippen LogP contribution >= 0.6 is 11.6 Å². The van der Waals surface area contributed by atoms with Gasteiger partial charge in [-0.15, -0.1) is 0 Å². The van der Waals surface area contributed by atoms with Crippen molar-refractivity contribution in [3.05, 3.63) is 0 Å². The monoisotopic (exact) mass is 399 g/mol. The zero-order valence-electron chi connectivity index (χ0n) is 16.8. The van der Waals surface area contributed by atoms with E-state index in [0.717, 1.165) is 0 Å². The van der Waals surface area contributed by atoms with Gasteiger partial charge in [0.25, 0.3) is 0 Å². The minimum atomic E-state index is -2.31. The molecule has 5 nitrogen and oxygen atoms in total. The number of nitriles is 1. The van der Waals surface area contributed by atoms with E-state index in [0.29, 0.717) is 23.0 Å². The summed E-state index contributed by atoms with van der Waals surface area (Å²) in [6.45, 7) is 15.0. The summed E-state index contributed by atoms with van der Waals surface area (Å²) in [7, 11) is -2.31. The van der Waals surface area contributed by atoms with Gasteiger partial charge < -0.3 is 13.9 Å². The van der Waals surface area contributed by atoms with Gasteiger partial charge in [0, 0.05) is 12.8 Å². The summed E-state index contributed by atoms with van der Waals surface area (Å²) in [6.07, 6.45) is -0.484. The number of carbonyl (C=O) groups is 1. The van der Waals surface area contributed by atoms with Gasteiger partial charge in [0.05, 0.1) is 12.0 Å². The molecule has 1 aliphatic carbocycles. The van der Waals surface area contributed by atoms with E-state index < -0.39 is 36.8 Å². The molecule has 2 saturated heterocycles. The molecule has 3 fully saturated rings. The number of halogens is 1. The topological polar surface area (TPSA) is 68.6 Å². The Balaban J connectivity index is 2.12. The molecule has 1 saturated carbocycles. The average molecular weight is 400 g/mol. The minimum Gasteiger partial charge on any atom is -0.389 e. The van der Waals surface area contributed by atoms with Crippen LogP contribution in [-0.4, -0.2) is 36.7 Å². The first-order chi connectivity index (χ1) is 11.9. The minimum absolute atomic E-state index is 0.0151. The van der Waals surface area contributed by atoms with Crippen molar-refractivity contribution in [2.75, 3.05) is 0 Å². The molecule has 146 valence electrons. The molecule has 3 aliphatic rings. The highest BCUT2D eigenvalue weighted by atomic mass is 35.5. The second-order valence-corrected chi connectivity index (χ2v) is 15.3. The fraction of sp³-hybridized carbons (Fsp3) is 0.895. The van der Waals surface area contributed by atoms with Crippen LogP contribution in [0.5, 0.6) is 0 Å². The first-order valence-electron chi connectivity index (χ1n) is 9.57. The molecule has 0 amide bonds. The molecule has 0 unspecified atom stereocenters. The zero-order valence-corrected chi connectivity index (χ0v) is 18.5. The zero-order chi connectivity index (χ0) is 19.7. The van der Waals surface area contributed by atoms with Crippen molar-refractivity contribution in [1.82, 2.24) is 0 Å². The number of hydrogen-bond donors (Lipinski definition) is 0. The third-order valence-electron chi connectivity index (χ3n) is 6.85. The van der Waals surface area contributed by atoms with E-state index >= 15 is 0 Å². The van der Waals surface area contributed by atoms with Crippen LogP contribution in [0.1, 0.15) is 61.3 Å². The molecule has 2 aliphatic heterocycles. The van der Waals surface area contributed by atoms with Crippen LogP contribution in [0, 0.1) is 17.2 Å². The summed E-state index contributed by atoms with van der Waals surface area (Å²) in [5, 5.41) is 9.81. The molecule has 0 aromatic heterocycles. The second kappa shape index (κ2) is 6.02. The van der Waals surface area contributed by atoms with Crippen LogP contribution in [0.15, 0.2) is 0 Å². The summed E-state index contributed by atoms with van der Waals surface area (Å²) in [4.78, 5) is 11.3. The molecular formula is C19H30ClNO4Si. The summed E-state index contributed by atoms with van der Waals surface area (Å²) < 4.78 is 19.2. The van der Waals surface area contributed by atoms with Gasteiger partial charge in [-0.1, -0.05) is 53.1 Å². The smallest absolute Gasteiger partial charge is 0.204 e. The molecule has 3 rings (SSSR count). The Labute approximate surface area is 162 Å². The molecule has 26 heavy (non-hydrogen) atoms.